The highest BCUT2D eigenvalue weighted by Crippen LogP contribution is 2.46. The zero-order valence-electron chi connectivity index (χ0n) is 12.6. The van der Waals surface area contributed by atoms with Crippen LogP contribution in [0.5, 0.6) is 0 Å². The highest BCUT2D eigenvalue weighted by molar-refractivity contribution is 5.25. The molecule has 21 heavy (non-hydrogen) atoms. The highest BCUT2D eigenvalue weighted by atomic mass is 16.5. The van der Waals surface area contributed by atoms with E-state index >= 15 is 0 Å². The van der Waals surface area contributed by atoms with Crippen molar-refractivity contribution < 1.29 is 9.84 Å². The van der Waals surface area contributed by atoms with Gasteiger partial charge in [0.2, 0.25) is 0 Å². The van der Waals surface area contributed by atoms with Crippen molar-refractivity contribution in [3.63, 3.8) is 0 Å². The smallest absolute Gasteiger partial charge is 0.116 e. The SMILES string of the molecule is O[C@](CO[C@H]1CN2CCC1CC2)(c1ccccc1)C1CC1. The van der Waals surface area contributed by atoms with Crippen LogP contribution in [0.3, 0.4) is 0 Å². The summed E-state index contributed by atoms with van der Waals surface area (Å²) >= 11 is 0. The van der Waals surface area contributed by atoms with E-state index in [9.17, 15) is 5.11 Å². The second-order valence-electron chi connectivity index (χ2n) is 7.05. The van der Waals surface area contributed by atoms with Gasteiger partial charge in [-0.3, -0.25) is 0 Å². The van der Waals surface area contributed by atoms with Crippen molar-refractivity contribution in [2.24, 2.45) is 11.8 Å². The van der Waals surface area contributed by atoms with E-state index in [0.717, 1.165) is 24.9 Å². The van der Waals surface area contributed by atoms with Gasteiger partial charge >= 0.3 is 0 Å². The maximum absolute atomic E-state index is 11.2. The average molecular weight is 287 g/mol. The Hall–Kier alpha value is -0.900. The van der Waals surface area contributed by atoms with Crippen LogP contribution in [0, 0.1) is 11.8 Å². The Balaban J connectivity index is 1.46. The van der Waals surface area contributed by atoms with Crippen molar-refractivity contribution in [1.29, 1.82) is 0 Å². The summed E-state index contributed by atoms with van der Waals surface area (Å²) in [6.45, 7) is 3.98. The summed E-state index contributed by atoms with van der Waals surface area (Å²) in [5, 5.41) is 11.2. The molecule has 1 N–H and O–H groups in total. The molecule has 3 nitrogen and oxygen atoms in total. The molecular formula is C18H25NO2. The fourth-order valence-corrected chi connectivity index (χ4v) is 4.06. The molecule has 0 unspecified atom stereocenters. The van der Waals surface area contributed by atoms with Crippen molar-refractivity contribution in [3.8, 4) is 0 Å². The predicted molar refractivity (Wildman–Crippen MR) is 82.0 cm³/mol. The highest BCUT2D eigenvalue weighted by Gasteiger charge is 2.46. The van der Waals surface area contributed by atoms with Crippen LogP contribution in [0.4, 0.5) is 0 Å². The molecule has 2 bridgehead atoms. The van der Waals surface area contributed by atoms with Gasteiger partial charge in [0.25, 0.3) is 0 Å². The molecule has 3 aliphatic heterocycles. The molecule has 0 amide bonds. The maximum Gasteiger partial charge on any atom is 0.116 e. The summed E-state index contributed by atoms with van der Waals surface area (Å²) < 4.78 is 6.25. The first kappa shape index (κ1) is 13.7. The fourth-order valence-electron chi connectivity index (χ4n) is 4.06. The van der Waals surface area contributed by atoms with Gasteiger partial charge in [0.15, 0.2) is 0 Å². The minimum atomic E-state index is -0.784. The Morgan fingerprint density at radius 3 is 2.38 bits per heavy atom. The summed E-state index contributed by atoms with van der Waals surface area (Å²) in [5.74, 6) is 1.08. The summed E-state index contributed by atoms with van der Waals surface area (Å²) in [5.41, 5.74) is 0.238. The van der Waals surface area contributed by atoms with Crippen LogP contribution in [0.1, 0.15) is 31.2 Å². The lowest BCUT2D eigenvalue weighted by Gasteiger charge is -2.45. The minimum absolute atomic E-state index is 0.321. The third-order valence-corrected chi connectivity index (χ3v) is 5.64. The Morgan fingerprint density at radius 1 is 1.10 bits per heavy atom. The van der Waals surface area contributed by atoms with Crippen molar-refractivity contribution >= 4 is 0 Å². The van der Waals surface area contributed by atoms with E-state index in [0.29, 0.717) is 24.5 Å². The van der Waals surface area contributed by atoms with Gasteiger partial charge in [-0.1, -0.05) is 30.3 Å². The van der Waals surface area contributed by atoms with E-state index in [-0.39, 0.29) is 0 Å². The van der Waals surface area contributed by atoms with Crippen LogP contribution in [0.15, 0.2) is 30.3 Å². The zero-order valence-corrected chi connectivity index (χ0v) is 12.6. The van der Waals surface area contributed by atoms with Crippen LogP contribution in [-0.4, -0.2) is 42.4 Å². The lowest BCUT2D eigenvalue weighted by Crippen LogP contribution is -2.52. The molecular weight excluding hydrogens is 262 g/mol. The standard InChI is InChI=1S/C18H25NO2/c20-18(16-6-7-16,15-4-2-1-3-5-15)13-21-17-12-19-10-8-14(17)9-11-19/h1-5,14,16-17,20H,6-13H2/t17-,18+/m0/s1. The van der Waals surface area contributed by atoms with Gasteiger partial charge in [-0.25, -0.2) is 0 Å². The number of fused-ring (bicyclic) bond motifs is 3. The molecule has 1 aliphatic carbocycles. The Labute approximate surface area is 126 Å². The molecule has 1 aromatic carbocycles. The molecule has 3 heteroatoms. The summed E-state index contributed by atoms with van der Waals surface area (Å²) in [6.07, 6.45) is 5.08. The molecule has 3 saturated heterocycles. The van der Waals surface area contributed by atoms with Gasteiger partial charge in [-0.15, -0.1) is 0 Å². The summed E-state index contributed by atoms with van der Waals surface area (Å²) in [4.78, 5) is 2.50. The fraction of sp³-hybridized carbons (Fsp3) is 0.667. The minimum Gasteiger partial charge on any atom is -0.382 e. The first-order valence-corrected chi connectivity index (χ1v) is 8.37. The summed E-state index contributed by atoms with van der Waals surface area (Å²) in [6, 6.07) is 10.1. The molecule has 4 aliphatic rings. The molecule has 0 radical (unpaired) electrons. The molecule has 2 atom stereocenters. The number of ether oxygens (including phenoxy) is 1. The molecule has 5 rings (SSSR count). The second-order valence-corrected chi connectivity index (χ2v) is 7.05. The third-order valence-electron chi connectivity index (χ3n) is 5.64. The lowest BCUT2D eigenvalue weighted by molar-refractivity contribution is -0.132. The Morgan fingerprint density at radius 2 is 1.81 bits per heavy atom. The van der Waals surface area contributed by atoms with E-state index in [4.69, 9.17) is 4.74 Å². The van der Waals surface area contributed by atoms with E-state index in [1.54, 1.807) is 0 Å². The van der Waals surface area contributed by atoms with Crippen molar-refractivity contribution in [3.05, 3.63) is 35.9 Å². The molecule has 0 aromatic heterocycles. The first-order chi connectivity index (χ1) is 10.3. The van der Waals surface area contributed by atoms with E-state index in [2.05, 4.69) is 4.90 Å². The topological polar surface area (TPSA) is 32.7 Å². The normalized spacial score (nSPS) is 34.6. The zero-order chi connectivity index (χ0) is 14.3. The van der Waals surface area contributed by atoms with E-state index in [1.807, 2.05) is 30.3 Å². The van der Waals surface area contributed by atoms with Crippen LogP contribution in [0.25, 0.3) is 0 Å². The van der Waals surface area contributed by atoms with E-state index in [1.165, 1.54) is 25.9 Å². The largest absolute Gasteiger partial charge is 0.382 e. The number of aliphatic hydroxyl groups is 1. The van der Waals surface area contributed by atoms with Gasteiger partial charge < -0.3 is 14.7 Å². The first-order valence-electron chi connectivity index (χ1n) is 8.37. The summed E-state index contributed by atoms with van der Waals surface area (Å²) in [7, 11) is 0. The van der Waals surface area contributed by atoms with E-state index < -0.39 is 5.60 Å². The third kappa shape index (κ3) is 2.63. The van der Waals surface area contributed by atoms with Crippen molar-refractivity contribution in [2.45, 2.75) is 37.4 Å². The van der Waals surface area contributed by atoms with Crippen LogP contribution in [0.2, 0.25) is 0 Å². The number of nitrogens with zero attached hydrogens (tertiary/aromatic N) is 1. The average Bonchev–Trinajstić information content (AvgIpc) is 3.40. The molecule has 1 aromatic rings. The molecule has 114 valence electrons. The van der Waals surface area contributed by atoms with Crippen LogP contribution < -0.4 is 0 Å². The maximum atomic E-state index is 11.2. The Kier molecular flexibility index (Phi) is 3.52. The van der Waals surface area contributed by atoms with Crippen LogP contribution in [-0.2, 0) is 10.3 Å². The monoisotopic (exact) mass is 287 g/mol. The van der Waals surface area contributed by atoms with Gasteiger partial charge in [-0.05, 0) is 56.2 Å². The molecule has 3 heterocycles. The predicted octanol–water partition coefficient (Wildman–Crippen LogP) is 2.40. The van der Waals surface area contributed by atoms with Crippen molar-refractivity contribution in [1.82, 2.24) is 4.90 Å². The quantitative estimate of drug-likeness (QED) is 0.902. The van der Waals surface area contributed by atoms with Crippen LogP contribution >= 0.6 is 0 Å². The number of benzene rings is 1. The second kappa shape index (κ2) is 5.38. The molecule has 0 spiro atoms. The number of piperidine rings is 3. The Bertz CT molecular complexity index is 479. The lowest BCUT2D eigenvalue weighted by atomic mass is 9.85. The van der Waals surface area contributed by atoms with Gasteiger partial charge in [0, 0.05) is 6.54 Å². The van der Waals surface area contributed by atoms with Gasteiger partial charge in [0.1, 0.15) is 5.60 Å². The number of hydrogen-bond donors (Lipinski definition) is 1. The van der Waals surface area contributed by atoms with Gasteiger partial charge in [0.05, 0.1) is 12.7 Å². The number of rotatable bonds is 5. The molecule has 4 fully saturated rings. The number of hydrogen-bond acceptors (Lipinski definition) is 3. The van der Waals surface area contributed by atoms with Gasteiger partial charge in [-0.2, -0.15) is 0 Å². The van der Waals surface area contributed by atoms with Crippen molar-refractivity contribution in [2.75, 3.05) is 26.2 Å². The molecule has 1 saturated carbocycles.